The van der Waals surface area contributed by atoms with Gasteiger partial charge >= 0.3 is 7.82 Å². The Morgan fingerprint density at radius 1 is 1.17 bits per heavy atom. The van der Waals surface area contributed by atoms with Gasteiger partial charge in [0, 0.05) is 6.15 Å². The summed E-state index contributed by atoms with van der Waals surface area (Å²) in [5.41, 5.74) is 0. The van der Waals surface area contributed by atoms with Crippen molar-refractivity contribution in [3.63, 3.8) is 0 Å². The van der Waals surface area contributed by atoms with Gasteiger partial charge < -0.3 is 14.7 Å². The van der Waals surface area contributed by atoms with Crippen LogP contribution in [0.15, 0.2) is 0 Å². The molecule has 0 saturated carbocycles. The molecule has 0 heterocycles. The summed E-state index contributed by atoms with van der Waals surface area (Å²) in [6.07, 6.45) is 0. The molecule has 0 aliphatic rings. The van der Waals surface area contributed by atoms with Gasteiger partial charge in [-0.05, 0) is 0 Å². The van der Waals surface area contributed by atoms with Gasteiger partial charge in [0.1, 0.15) is 0 Å². The van der Waals surface area contributed by atoms with Crippen LogP contribution in [0.1, 0.15) is 0 Å². The smallest absolute Gasteiger partial charge is 0.303 e. The molecule has 0 aliphatic carbocycles. The Labute approximate surface area is 34.4 Å². The molecule has 6 heteroatoms. The molecule has 4 nitrogen and oxygen atoms in total. The van der Waals surface area contributed by atoms with Crippen LogP contribution < -0.4 is 0 Å². The first-order valence-corrected chi connectivity index (χ1v) is 2.35. The molecule has 3 N–H and O–H groups in total. The van der Waals surface area contributed by atoms with Crippen molar-refractivity contribution in [3.8, 4) is 0 Å². The van der Waals surface area contributed by atoms with Crippen molar-refractivity contribution in [1.82, 2.24) is 0 Å². The molecule has 0 fully saturated rings. The van der Waals surface area contributed by atoms with E-state index in [1.165, 1.54) is 0 Å². The van der Waals surface area contributed by atoms with Crippen LogP contribution in [0.4, 0.5) is 0 Å². The summed E-state index contributed by atoms with van der Waals surface area (Å²) in [4.78, 5) is 21.6. The minimum Gasteiger partial charge on any atom is -0.303 e. The number of rotatable bonds is 0. The number of hydrogen-bond acceptors (Lipinski definition) is 1. The molecular weight excluding hydrogens is 115 g/mol. The largest absolute Gasteiger partial charge is 0.466 e. The summed E-state index contributed by atoms with van der Waals surface area (Å²) in [6, 6.07) is 0. The molecule has 0 spiro atoms. The van der Waals surface area contributed by atoms with E-state index >= 15 is 0 Å². The van der Waals surface area contributed by atoms with E-state index in [1.807, 2.05) is 0 Å². The maximum absolute atomic E-state index is 8.88. The van der Waals surface area contributed by atoms with Crippen LogP contribution in [-0.2, 0) is 4.57 Å². The van der Waals surface area contributed by atoms with Gasteiger partial charge in [-0.2, -0.15) is 0 Å². The maximum atomic E-state index is 8.88. The third-order valence-electron chi connectivity index (χ3n) is 0. The van der Waals surface area contributed by atoms with Crippen molar-refractivity contribution in [2.24, 2.45) is 0 Å². The van der Waals surface area contributed by atoms with Gasteiger partial charge in [0.25, 0.3) is 0 Å². The topological polar surface area (TPSA) is 77.8 Å². The average molecular weight is 118 g/mol. The Hall–Kier alpha value is 0.0191. The van der Waals surface area contributed by atoms with Crippen molar-refractivity contribution >= 4 is 7.82 Å². The summed E-state index contributed by atoms with van der Waals surface area (Å²) in [5.74, 6) is 0. The van der Waals surface area contributed by atoms with Crippen LogP contribution in [0, 0.1) is 6.15 Å². The molecule has 40 valence electrons. The molecule has 0 saturated heterocycles. The van der Waals surface area contributed by atoms with Gasteiger partial charge in [-0.3, -0.25) is 0 Å². The molecule has 6 heavy (non-hydrogen) atoms. The zero-order chi connectivity index (χ0) is 4.50. The molecule has 0 aromatic rings. The molecule has 0 aliphatic heterocycles. The second-order valence-electron chi connectivity index (χ2n) is 0.513. The zero-order valence-corrected chi connectivity index (χ0v) is 3.45. The van der Waals surface area contributed by atoms with E-state index < -0.39 is 7.82 Å². The van der Waals surface area contributed by atoms with Crippen molar-refractivity contribution in [2.45, 2.75) is 0 Å². The predicted molar refractivity (Wildman–Crippen MR) is 14.3 cm³/mol. The molecule has 0 bridgehead atoms. The van der Waals surface area contributed by atoms with Crippen LogP contribution in [0.3, 0.4) is 0 Å². The molecule has 0 aromatic carbocycles. The van der Waals surface area contributed by atoms with Gasteiger partial charge in [-0.1, -0.05) is 0 Å². The van der Waals surface area contributed by atoms with Crippen LogP contribution in [0.5, 0.6) is 0 Å². The monoisotopic (exact) mass is 118 g/mol. The summed E-state index contributed by atoms with van der Waals surface area (Å²) in [7, 11) is -4.64. The first-order chi connectivity index (χ1) is 2.00. The van der Waals surface area contributed by atoms with Crippen molar-refractivity contribution < 1.29 is 25.4 Å². The minimum absolute atomic E-state index is 0. The Morgan fingerprint density at radius 2 is 1.17 bits per heavy atom. The molecule has 0 aromatic heterocycles. The Balaban J connectivity index is 0. The van der Waals surface area contributed by atoms with Gasteiger partial charge in [0.2, 0.25) is 0 Å². The summed E-state index contributed by atoms with van der Waals surface area (Å²) in [5, 5.41) is 0. The molecule has 0 rings (SSSR count). The van der Waals surface area contributed by atoms with Crippen LogP contribution in [0.2, 0.25) is 0 Å². The normalized spacial score (nSPS) is 9.83. The molecule has 0 unspecified atom stereocenters. The van der Waals surface area contributed by atoms with Gasteiger partial charge in [-0.15, -0.1) is 0 Å². The van der Waals surface area contributed by atoms with Gasteiger partial charge in [0.15, 0.2) is 0 Å². The van der Waals surface area contributed by atoms with Crippen LogP contribution in [0.25, 0.3) is 0 Å². The number of phosphoric acid groups is 1. The predicted octanol–water partition coefficient (Wildman–Crippen LogP) is -0.929. The molecule has 0 amide bonds. The Bertz CT molecular complexity index is 53.7. The van der Waals surface area contributed by atoms with E-state index in [4.69, 9.17) is 19.2 Å². The Morgan fingerprint density at radius 3 is 1.17 bits per heavy atom. The second-order valence-corrected chi connectivity index (χ2v) is 1.54. The first-order valence-electron chi connectivity index (χ1n) is 0.783. The van der Waals surface area contributed by atoms with Crippen LogP contribution >= 0.6 is 7.82 Å². The molecule has 0 atom stereocenters. The second kappa shape index (κ2) is 2.24. The fraction of sp³-hybridized carbons (Fsp3) is 0. The van der Waals surface area contributed by atoms with E-state index in [2.05, 4.69) is 0 Å². The minimum atomic E-state index is -4.64. The van der Waals surface area contributed by atoms with E-state index in [0.29, 0.717) is 0 Å². The fourth-order valence-corrected chi connectivity index (χ4v) is 0. The Kier molecular flexibility index (Phi) is 3.50. The first kappa shape index (κ1) is 9.39. The van der Waals surface area contributed by atoms with Crippen LogP contribution in [-0.4, -0.2) is 14.7 Å². The fourth-order valence-electron chi connectivity index (χ4n) is 0. The molecular formula is H3NeO4P. The maximum Gasteiger partial charge on any atom is 0.466 e. The van der Waals surface area contributed by atoms with Crippen molar-refractivity contribution in [2.75, 3.05) is 0 Å². The van der Waals surface area contributed by atoms with Crippen molar-refractivity contribution in [3.05, 3.63) is 0 Å². The molecule has 0 radical (unpaired) electrons. The van der Waals surface area contributed by atoms with E-state index in [1.54, 1.807) is 0 Å². The van der Waals surface area contributed by atoms with E-state index in [0.717, 1.165) is 0 Å². The summed E-state index contributed by atoms with van der Waals surface area (Å²) in [6.45, 7) is 0. The third-order valence-corrected chi connectivity index (χ3v) is 0. The van der Waals surface area contributed by atoms with Crippen molar-refractivity contribution in [1.29, 1.82) is 0 Å². The van der Waals surface area contributed by atoms with E-state index in [-0.39, 0.29) is 6.15 Å². The van der Waals surface area contributed by atoms with Gasteiger partial charge in [0.05, 0.1) is 0 Å². The summed E-state index contributed by atoms with van der Waals surface area (Å²) >= 11 is 0. The zero-order valence-electron chi connectivity index (χ0n) is 2.55. The average Bonchev–Trinajstić information content (AvgIpc) is 0.722. The van der Waals surface area contributed by atoms with Gasteiger partial charge in [-0.25, -0.2) is 4.57 Å². The standard InChI is InChI=1S/Ne.H3O4P/c;1-5(2,3)4/h;(H3,1,2,3,4). The number of hydrogen-bond donors (Lipinski definition) is 3. The third kappa shape index (κ3) is 101000. The SMILES string of the molecule is O=P(O)(O)O.[Ne]. The quantitative estimate of drug-likeness (QED) is 0.359. The summed E-state index contributed by atoms with van der Waals surface area (Å²) < 4.78 is 8.88. The van der Waals surface area contributed by atoms with E-state index in [9.17, 15) is 0 Å².